The number of nitrogens with one attached hydrogen (secondary N) is 1. The number of nitrogens with zero attached hydrogens (tertiary/aromatic N) is 3. The Morgan fingerprint density at radius 1 is 1.43 bits per heavy atom. The number of halogens is 1. The summed E-state index contributed by atoms with van der Waals surface area (Å²) >= 11 is 5.84. The van der Waals surface area contributed by atoms with Gasteiger partial charge >= 0.3 is 0 Å². The molecule has 0 unspecified atom stereocenters. The van der Waals surface area contributed by atoms with Gasteiger partial charge in [0.15, 0.2) is 0 Å². The van der Waals surface area contributed by atoms with Crippen LogP contribution >= 0.6 is 11.6 Å². The van der Waals surface area contributed by atoms with Crippen LogP contribution in [0, 0.1) is 0 Å². The minimum atomic E-state index is 0.393. The van der Waals surface area contributed by atoms with E-state index in [1.807, 2.05) is 6.07 Å². The predicted molar refractivity (Wildman–Crippen MR) is 52.5 cm³/mol. The van der Waals surface area contributed by atoms with E-state index in [1.165, 1.54) is 0 Å². The molecule has 2 aromatic rings. The number of rotatable bonds is 2. The van der Waals surface area contributed by atoms with Crippen LogP contribution in [0.1, 0.15) is 5.56 Å². The zero-order chi connectivity index (χ0) is 9.97. The highest BCUT2D eigenvalue weighted by atomic mass is 35.5. The molecular weight excluding hydrogens is 202 g/mol. The first-order valence-corrected chi connectivity index (χ1v) is 4.41. The number of hydrogen-bond donors (Lipinski definition) is 2. The number of nitrogens with two attached hydrogens (primary N) is 1. The van der Waals surface area contributed by atoms with Crippen molar-refractivity contribution in [3.63, 3.8) is 0 Å². The normalized spacial score (nSPS) is 10.4. The first kappa shape index (κ1) is 9.11. The average molecular weight is 210 g/mol. The second kappa shape index (κ2) is 3.73. The van der Waals surface area contributed by atoms with Crippen molar-refractivity contribution >= 4 is 11.6 Å². The second-order valence-corrected chi connectivity index (χ2v) is 3.18. The molecule has 0 saturated carbocycles. The van der Waals surface area contributed by atoms with Gasteiger partial charge < -0.3 is 5.73 Å². The Kier molecular flexibility index (Phi) is 2.43. The lowest BCUT2D eigenvalue weighted by Gasteiger charge is -2.03. The van der Waals surface area contributed by atoms with E-state index in [2.05, 4.69) is 20.6 Å². The van der Waals surface area contributed by atoms with Crippen LogP contribution in [0.25, 0.3) is 11.4 Å². The predicted octanol–water partition coefficient (Wildman–Crippen LogP) is 0.979. The molecule has 0 amide bonds. The van der Waals surface area contributed by atoms with Gasteiger partial charge in [-0.1, -0.05) is 11.6 Å². The van der Waals surface area contributed by atoms with Crippen LogP contribution in [0.3, 0.4) is 0 Å². The molecule has 6 heteroatoms. The Labute approximate surface area is 85.3 Å². The largest absolute Gasteiger partial charge is 0.326 e. The quantitative estimate of drug-likeness (QED) is 0.773. The number of hydrogen-bond acceptors (Lipinski definition) is 4. The summed E-state index contributed by atoms with van der Waals surface area (Å²) in [6.07, 6.45) is 0. The molecule has 0 spiro atoms. The van der Waals surface area contributed by atoms with Crippen molar-refractivity contribution in [3.8, 4) is 11.4 Å². The van der Waals surface area contributed by atoms with Gasteiger partial charge in [-0.25, -0.2) is 0 Å². The van der Waals surface area contributed by atoms with Crippen molar-refractivity contribution in [2.75, 3.05) is 0 Å². The average Bonchev–Trinajstić information content (AvgIpc) is 2.70. The highest BCUT2D eigenvalue weighted by molar-refractivity contribution is 6.30. The maximum absolute atomic E-state index is 5.84. The first-order valence-electron chi connectivity index (χ1n) is 4.03. The van der Waals surface area contributed by atoms with Gasteiger partial charge in [0.25, 0.3) is 0 Å². The third kappa shape index (κ3) is 1.59. The molecule has 1 heterocycles. The van der Waals surface area contributed by atoms with Gasteiger partial charge in [0.05, 0.1) is 0 Å². The van der Waals surface area contributed by atoms with Gasteiger partial charge in [-0.3, -0.25) is 0 Å². The fourth-order valence-electron chi connectivity index (χ4n) is 1.23. The van der Waals surface area contributed by atoms with Crippen LogP contribution in [0.2, 0.25) is 5.02 Å². The summed E-state index contributed by atoms with van der Waals surface area (Å²) in [4.78, 5) is 0. The standard InChI is InChI=1S/C8H8ClN5/c9-6-1-2-7(5(3-6)4-10)8-11-13-14-12-8/h1-3H,4,10H2,(H,11,12,13,14). The van der Waals surface area contributed by atoms with Gasteiger partial charge in [0.2, 0.25) is 5.82 Å². The second-order valence-electron chi connectivity index (χ2n) is 2.74. The van der Waals surface area contributed by atoms with Gasteiger partial charge in [-0.15, -0.1) is 10.2 Å². The molecule has 0 fully saturated rings. The minimum absolute atomic E-state index is 0.393. The van der Waals surface area contributed by atoms with E-state index in [0.29, 0.717) is 17.4 Å². The summed E-state index contributed by atoms with van der Waals surface area (Å²) < 4.78 is 0. The van der Waals surface area contributed by atoms with Crippen LogP contribution in [0.5, 0.6) is 0 Å². The van der Waals surface area contributed by atoms with Crippen LogP contribution < -0.4 is 5.73 Å². The van der Waals surface area contributed by atoms with Crippen LogP contribution in [-0.4, -0.2) is 20.6 Å². The lowest BCUT2D eigenvalue weighted by atomic mass is 10.1. The number of aromatic amines is 1. The third-order valence-electron chi connectivity index (χ3n) is 1.87. The molecule has 72 valence electrons. The molecule has 0 radical (unpaired) electrons. The number of benzene rings is 1. The van der Waals surface area contributed by atoms with Gasteiger partial charge in [0.1, 0.15) is 0 Å². The fraction of sp³-hybridized carbons (Fsp3) is 0.125. The SMILES string of the molecule is NCc1cc(Cl)ccc1-c1nn[nH]n1. The lowest BCUT2D eigenvalue weighted by Crippen LogP contribution is -1.99. The number of tetrazole rings is 1. The molecular formula is C8H8ClN5. The van der Waals surface area contributed by atoms with Gasteiger partial charge in [0, 0.05) is 17.1 Å². The Morgan fingerprint density at radius 2 is 2.29 bits per heavy atom. The van der Waals surface area contributed by atoms with E-state index < -0.39 is 0 Å². The van der Waals surface area contributed by atoms with Crippen molar-refractivity contribution < 1.29 is 0 Å². The summed E-state index contributed by atoms with van der Waals surface area (Å²) in [6.45, 7) is 0.393. The van der Waals surface area contributed by atoms with E-state index in [4.69, 9.17) is 17.3 Å². The molecule has 2 rings (SSSR count). The lowest BCUT2D eigenvalue weighted by molar-refractivity contribution is 0.881. The number of H-pyrrole nitrogens is 1. The Morgan fingerprint density at radius 3 is 2.93 bits per heavy atom. The highest BCUT2D eigenvalue weighted by Crippen LogP contribution is 2.22. The monoisotopic (exact) mass is 209 g/mol. The summed E-state index contributed by atoms with van der Waals surface area (Å²) in [5, 5.41) is 14.3. The maximum atomic E-state index is 5.84. The van der Waals surface area contributed by atoms with E-state index in [9.17, 15) is 0 Å². The van der Waals surface area contributed by atoms with E-state index in [1.54, 1.807) is 12.1 Å². The summed E-state index contributed by atoms with van der Waals surface area (Å²) in [6, 6.07) is 5.40. The zero-order valence-electron chi connectivity index (χ0n) is 7.24. The topological polar surface area (TPSA) is 80.5 Å². The Bertz CT molecular complexity index is 425. The van der Waals surface area contributed by atoms with Crippen molar-refractivity contribution in [3.05, 3.63) is 28.8 Å². The van der Waals surface area contributed by atoms with Crippen molar-refractivity contribution in [1.29, 1.82) is 0 Å². The van der Waals surface area contributed by atoms with E-state index >= 15 is 0 Å². The molecule has 0 bridgehead atoms. The maximum Gasteiger partial charge on any atom is 0.204 e. The van der Waals surface area contributed by atoms with Crippen LogP contribution in [0.15, 0.2) is 18.2 Å². The Hall–Kier alpha value is -1.46. The molecule has 0 saturated heterocycles. The minimum Gasteiger partial charge on any atom is -0.326 e. The molecule has 0 atom stereocenters. The molecule has 0 aliphatic heterocycles. The zero-order valence-corrected chi connectivity index (χ0v) is 7.99. The van der Waals surface area contributed by atoms with E-state index in [0.717, 1.165) is 11.1 Å². The molecule has 0 aliphatic carbocycles. The molecule has 1 aromatic carbocycles. The molecule has 5 nitrogen and oxygen atoms in total. The first-order chi connectivity index (χ1) is 6.81. The van der Waals surface area contributed by atoms with Crippen molar-refractivity contribution in [2.24, 2.45) is 5.73 Å². The van der Waals surface area contributed by atoms with Gasteiger partial charge in [-0.2, -0.15) is 5.21 Å². The smallest absolute Gasteiger partial charge is 0.204 e. The summed E-state index contributed by atoms with van der Waals surface area (Å²) in [5.74, 6) is 0.530. The molecule has 14 heavy (non-hydrogen) atoms. The fourth-order valence-corrected chi connectivity index (χ4v) is 1.42. The van der Waals surface area contributed by atoms with Crippen LogP contribution in [-0.2, 0) is 6.54 Å². The molecule has 3 N–H and O–H groups in total. The summed E-state index contributed by atoms with van der Waals surface area (Å²) in [7, 11) is 0. The van der Waals surface area contributed by atoms with Crippen molar-refractivity contribution in [2.45, 2.75) is 6.54 Å². The third-order valence-corrected chi connectivity index (χ3v) is 2.11. The van der Waals surface area contributed by atoms with Crippen molar-refractivity contribution in [1.82, 2.24) is 20.6 Å². The van der Waals surface area contributed by atoms with Gasteiger partial charge in [-0.05, 0) is 29.0 Å². The van der Waals surface area contributed by atoms with E-state index in [-0.39, 0.29) is 0 Å². The number of aromatic nitrogens is 4. The highest BCUT2D eigenvalue weighted by Gasteiger charge is 2.08. The Balaban J connectivity index is 2.53. The van der Waals surface area contributed by atoms with Crippen LogP contribution in [0.4, 0.5) is 0 Å². The molecule has 1 aromatic heterocycles. The summed E-state index contributed by atoms with van der Waals surface area (Å²) in [5.41, 5.74) is 7.34. The molecule has 0 aliphatic rings.